The van der Waals surface area contributed by atoms with Crippen molar-refractivity contribution in [1.29, 1.82) is 0 Å². The molecule has 0 radical (unpaired) electrons. The maximum atomic E-state index is 12.9. The molecule has 0 saturated carbocycles. The first kappa shape index (κ1) is 24.4. The molecule has 1 unspecified atom stereocenters. The summed E-state index contributed by atoms with van der Waals surface area (Å²) >= 11 is 0. The SMILES string of the molecule is COCCNC(=O)CC(c1ccc(OC)cc1)c1cn(Cc2ccc(OC)cc2)c2ccccc12. The van der Waals surface area contributed by atoms with Gasteiger partial charge in [-0.05, 0) is 47.0 Å². The van der Waals surface area contributed by atoms with E-state index in [0.29, 0.717) is 19.6 Å². The van der Waals surface area contributed by atoms with Crippen LogP contribution in [0.5, 0.6) is 11.5 Å². The summed E-state index contributed by atoms with van der Waals surface area (Å²) in [5, 5.41) is 4.12. The number of ether oxygens (including phenoxy) is 3. The van der Waals surface area contributed by atoms with E-state index in [1.807, 2.05) is 42.5 Å². The van der Waals surface area contributed by atoms with Crippen LogP contribution in [0.1, 0.15) is 29.0 Å². The number of amides is 1. The van der Waals surface area contributed by atoms with Crippen molar-refractivity contribution in [2.45, 2.75) is 18.9 Å². The average molecular weight is 473 g/mol. The topological polar surface area (TPSA) is 61.7 Å². The maximum absolute atomic E-state index is 12.9. The highest BCUT2D eigenvalue weighted by Gasteiger charge is 2.23. The van der Waals surface area contributed by atoms with E-state index in [0.717, 1.165) is 40.1 Å². The van der Waals surface area contributed by atoms with Gasteiger partial charge in [-0.15, -0.1) is 0 Å². The van der Waals surface area contributed by atoms with Gasteiger partial charge in [-0.2, -0.15) is 0 Å². The van der Waals surface area contributed by atoms with Gasteiger partial charge in [0, 0.05) is 49.6 Å². The quantitative estimate of drug-likeness (QED) is 0.313. The molecular formula is C29H32N2O4. The Morgan fingerprint density at radius 1 is 0.886 bits per heavy atom. The van der Waals surface area contributed by atoms with Gasteiger partial charge in [-0.25, -0.2) is 0 Å². The largest absolute Gasteiger partial charge is 0.497 e. The van der Waals surface area contributed by atoms with Crippen molar-refractivity contribution < 1.29 is 19.0 Å². The molecule has 1 aromatic heterocycles. The number of nitrogens with one attached hydrogen (secondary N) is 1. The molecule has 6 heteroatoms. The molecule has 4 aromatic rings. The van der Waals surface area contributed by atoms with Crippen molar-refractivity contribution in [2.75, 3.05) is 34.5 Å². The van der Waals surface area contributed by atoms with E-state index in [9.17, 15) is 4.79 Å². The average Bonchev–Trinajstić information content (AvgIpc) is 3.26. The summed E-state index contributed by atoms with van der Waals surface area (Å²) in [5.74, 6) is 1.52. The van der Waals surface area contributed by atoms with Gasteiger partial charge in [0.1, 0.15) is 11.5 Å². The van der Waals surface area contributed by atoms with Gasteiger partial charge < -0.3 is 24.1 Å². The molecular weight excluding hydrogens is 440 g/mol. The second kappa shape index (κ2) is 11.6. The van der Waals surface area contributed by atoms with Crippen molar-refractivity contribution in [3.05, 3.63) is 95.7 Å². The lowest BCUT2D eigenvalue weighted by Gasteiger charge is -2.18. The predicted molar refractivity (Wildman–Crippen MR) is 138 cm³/mol. The number of rotatable bonds is 11. The summed E-state index contributed by atoms with van der Waals surface area (Å²) in [5.41, 5.74) is 4.51. The summed E-state index contributed by atoms with van der Waals surface area (Å²) < 4.78 is 18.0. The van der Waals surface area contributed by atoms with E-state index >= 15 is 0 Å². The Labute approximate surface area is 206 Å². The van der Waals surface area contributed by atoms with Crippen LogP contribution in [0.2, 0.25) is 0 Å². The Morgan fingerprint density at radius 3 is 2.20 bits per heavy atom. The standard InChI is InChI=1S/C29H32N2O4/c1-33-17-16-30-29(32)18-26(22-10-14-24(35-3)15-11-22)27-20-31(28-7-5-4-6-25(27)28)19-21-8-12-23(34-2)13-9-21/h4-15,20,26H,16-19H2,1-3H3,(H,30,32). The molecule has 1 amide bonds. The first-order valence-electron chi connectivity index (χ1n) is 11.7. The molecule has 0 aliphatic carbocycles. The van der Waals surface area contributed by atoms with Gasteiger partial charge in [-0.1, -0.05) is 42.5 Å². The minimum atomic E-state index is -0.106. The number of hydrogen-bond acceptors (Lipinski definition) is 4. The zero-order chi connectivity index (χ0) is 24.6. The number of para-hydroxylation sites is 1. The fraction of sp³-hybridized carbons (Fsp3) is 0.276. The summed E-state index contributed by atoms with van der Waals surface area (Å²) in [4.78, 5) is 12.9. The van der Waals surface area contributed by atoms with E-state index in [1.54, 1.807) is 21.3 Å². The van der Waals surface area contributed by atoms with Crippen molar-refractivity contribution in [1.82, 2.24) is 9.88 Å². The van der Waals surface area contributed by atoms with Crippen LogP contribution >= 0.6 is 0 Å². The molecule has 0 bridgehead atoms. The van der Waals surface area contributed by atoms with Gasteiger partial charge in [0.15, 0.2) is 0 Å². The molecule has 0 saturated heterocycles. The van der Waals surface area contributed by atoms with Crippen LogP contribution in [-0.4, -0.2) is 45.0 Å². The molecule has 35 heavy (non-hydrogen) atoms. The first-order valence-corrected chi connectivity index (χ1v) is 11.7. The second-order valence-corrected chi connectivity index (χ2v) is 8.45. The third-order valence-electron chi connectivity index (χ3n) is 6.24. The highest BCUT2D eigenvalue weighted by molar-refractivity contribution is 5.86. The van der Waals surface area contributed by atoms with Gasteiger partial charge in [0.2, 0.25) is 5.91 Å². The molecule has 0 fully saturated rings. The lowest BCUT2D eigenvalue weighted by atomic mass is 9.88. The highest BCUT2D eigenvalue weighted by atomic mass is 16.5. The Balaban J connectivity index is 1.72. The van der Waals surface area contributed by atoms with Gasteiger partial charge in [0.25, 0.3) is 0 Å². The zero-order valence-corrected chi connectivity index (χ0v) is 20.5. The number of nitrogens with zero attached hydrogens (tertiary/aromatic N) is 1. The lowest BCUT2D eigenvalue weighted by molar-refractivity contribution is -0.121. The molecule has 0 spiro atoms. The highest BCUT2D eigenvalue weighted by Crippen LogP contribution is 2.36. The molecule has 0 aliphatic heterocycles. The number of methoxy groups -OCH3 is 3. The molecule has 3 aromatic carbocycles. The lowest BCUT2D eigenvalue weighted by Crippen LogP contribution is -2.28. The van der Waals surface area contributed by atoms with Crippen LogP contribution in [0.4, 0.5) is 0 Å². The summed E-state index contributed by atoms with van der Waals surface area (Å²) in [6.07, 6.45) is 2.53. The fourth-order valence-electron chi connectivity index (χ4n) is 4.40. The summed E-state index contributed by atoms with van der Waals surface area (Å²) in [6.45, 7) is 1.70. The maximum Gasteiger partial charge on any atom is 0.221 e. The number of benzene rings is 3. The van der Waals surface area contributed by atoms with E-state index < -0.39 is 0 Å². The number of fused-ring (bicyclic) bond motifs is 1. The fourth-order valence-corrected chi connectivity index (χ4v) is 4.40. The van der Waals surface area contributed by atoms with Gasteiger partial charge >= 0.3 is 0 Å². The Kier molecular flexibility index (Phi) is 8.06. The molecule has 6 nitrogen and oxygen atoms in total. The summed E-state index contributed by atoms with van der Waals surface area (Å²) in [7, 11) is 4.96. The van der Waals surface area contributed by atoms with E-state index in [1.165, 1.54) is 5.56 Å². The zero-order valence-electron chi connectivity index (χ0n) is 20.5. The third kappa shape index (κ3) is 5.84. The molecule has 1 heterocycles. The van der Waals surface area contributed by atoms with E-state index in [-0.39, 0.29) is 11.8 Å². The predicted octanol–water partition coefficient (Wildman–Crippen LogP) is 4.99. The van der Waals surface area contributed by atoms with Crippen LogP contribution in [0, 0.1) is 0 Å². The van der Waals surface area contributed by atoms with Crippen LogP contribution in [0.3, 0.4) is 0 Å². The van der Waals surface area contributed by atoms with Gasteiger partial charge in [0.05, 0.1) is 20.8 Å². The monoisotopic (exact) mass is 472 g/mol. The van der Waals surface area contributed by atoms with Crippen LogP contribution < -0.4 is 14.8 Å². The Hall–Kier alpha value is -3.77. The second-order valence-electron chi connectivity index (χ2n) is 8.45. The van der Waals surface area contributed by atoms with Crippen LogP contribution in [0.15, 0.2) is 79.0 Å². The number of aromatic nitrogens is 1. The van der Waals surface area contributed by atoms with Crippen molar-refractivity contribution >= 4 is 16.8 Å². The number of hydrogen-bond donors (Lipinski definition) is 1. The van der Waals surface area contributed by atoms with Gasteiger partial charge in [-0.3, -0.25) is 4.79 Å². The first-order chi connectivity index (χ1) is 17.1. The molecule has 1 N–H and O–H groups in total. The smallest absolute Gasteiger partial charge is 0.221 e. The van der Waals surface area contributed by atoms with Crippen molar-refractivity contribution in [3.63, 3.8) is 0 Å². The van der Waals surface area contributed by atoms with E-state index in [4.69, 9.17) is 14.2 Å². The number of carbonyl (C=O) groups excluding carboxylic acids is 1. The molecule has 0 aliphatic rings. The Morgan fingerprint density at radius 2 is 1.54 bits per heavy atom. The van der Waals surface area contributed by atoms with E-state index in [2.05, 4.69) is 46.4 Å². The third-order valence-corrected chi connectivity index (χ3v) is 6.24. The van der Waals surface area contributed by atoms with Crippen LogP contribution in [-0.2, 0) is 16.1 Å². The molecule has 4 rings (SSSR count). The number of carbonyl (C=O) groups is 1. The minimum Gasteiger partial charge on any atom is -0.497 e. The Bertz CT molecular complexity index is 1250. The summed E-state index contributed by atoms with van der Waals surface area (Å²) in [6, 6.07) is 24.5. The normalized spacial score (nSPS) is 11.9. The molecule has 1 atom stereocenters. The van der Waals surface area contributed by atoms with Crippen LogP contribution in [0.25, 0.3) is 10.9 Å². The minimum absolute atomic E-state index is 0.00477. The van der Waals surface area contributed by atoms with Crippen molar-refractivity contribution in [3.8, 4) is 11.5 Å². The molecule has 182 valence electrons. The van der Waals surface area contributed by atoms with Crippen molar-refractivity contribution in [2.24, 2.45) is 0 Å².